The van der Waals surface area contributed by atoms with E-state index >= 15 is 0 Å². The van der Waals surface area contributed by atoms with E-state index in [0.29, 0.717) is 32.2 Å². The number of hydrogen-bond donors (Lipinski definition) is 4. The molecule has 4 amide bonds. The van der Waals surface area contributed by atoms with Gasteiger partial charge in [-0.3, -0.25) is 24.0 Å². The molecule has 40 heavy (non-hydrogen) atoms. The minimum Gasteiger partial charge on any atom is -0.396 e. The summed E-state index contributed by atoms with van der Waals surface area (Å²) in [5.74, 6) is -1.49. The van der Waals surface area contributed by atoms with Crippen LogP contribution in [0, 0.1) is 5.92 Å². The summed E-state index contributed by atoms with van der Waals surface area (Å²) in [5.41, 5.74) is 0.848. The molecule has 4 N–H and O–H groups in total. The van der Waals surface area contributed by atoms with Gasteiger partial charge in [-0.2, -0.15) is 0 Å². The molecular weight excluding hydrogens is 512 g/mol. The molecule has 4 atom stereocenters. The number of aliphatic hydroxyl groups excluding tert-OH is 1. The molecule has 2 fully saturated rings. The fourth-order valence-corrected chi connectivity index (χ4v) is 5.42. The summed E-state index contributed by atoms with van der Waals surface area (Å²) in [7, 11) is 0. The van der Waals surface area contributed by atoms with E-state index < -0.39 is 36.0 Å². The predicted octanol–water partition coefficient (Wildman–Crippen LogP) is 1.64. The van der Waals surface area contributed by atoms with E-state index in [1.807, 2.05) is 44.2 Å². The van der Waals surface area contributed by atoms with E-state index in [2.05, 4.69) is 16.0 Å². The quantitative estimate of drug-likeness (QED) is 0.305. The van der Waals surface area contributed by atoms with E-state index in [9.17, 15) is 24.0 Å². The molecule has 0 spiro atoms. The fraction of sp³-hybridized carbons (Fsp3) is 0.633. The van der Waals surface area contributed by atoms with Crippen molar-refractivity contribution in [3.05, 3.63) is 35.9 Å². The Balaban J connectivity index is 1.88. The largest absolute Gasteiger partial charge is 0.396 e. The molecule has 220 valence electrons. The average molecular weight is 557 g/mol. The number of Topliss-reactive ketones (excluding diaryl/α,β-unsaturated/α-hetero) is 1. The van der Waals surface area contributed by atoms with Crippen LogP contribution in [0.2, 0.25) is 0 Å². The monoisotopic (exact) mass is 556 g/mol. The van der Waals surface area contributed by atoms with Crippen molar-refractivity contribution < 1.29 is 29.1 Å². The molecule has 0 bridgehead atoms. The van der Waals surface area contributed by atoms with Crippen LogP contribution in [0.4, 0.5) is 0 Å². The average Bonchev–Trinajstić information content (AvgIpc) is 2.93. The number of nitrogens with one attached hydrogen (secondary N) is 3. The standard InChI is InChI=1S/C30H44N4O6/c1-20(2)18-25-30(40)34-16-9-8-14-26(34)29(39)31-23(13-7-6-12-22(36)15-17-35)27(37)32-24(28(38)33-25)19-21-10-4-3-5-11-21/h3-5,10-11,20,23-26,35H,6-9,12-19H2,1-2H3,(H,31,39)(H,32,37)(H,33,38). The molecule has 2 aliphatic rings. The number of rotatable bonds is 11. The molecule has 10 heteroatoms. The molecule has 2 aliphatic heterocycles. The highest BCUT2D eigenvalue weighted by Crippen LogP contribution is 2.21. The molecule has 2 saturated heterocycles. The number of aliphatic hydroxyl groups is 1. The molecule has 10 nitrogen and oxygen atoms in total. The molecular formula is C30H44N4O6. The van der Waals surface area contributed by atoms with Crippen molar-refractivity contribution in [3.63, 3.8) is 0 Å². The number of ketones is 1. The zero-order valence-electron chi connectivity index (χ0n) is 23.7. The van der Waals surface area contributed by atoms with Gasteiger partial charge in [0, 0.05) is 32.4 Å². The summed E-state index contributed by atoms with van der Waals surface area (Å²) in [6.07, 6.45) is 4.34. The number of carbonyl (C=O) groups is 5. The Labute approximate surface area is 236 Å². The van der Waals surface area contributed by atoms with Crippen LogP contribution in [-0.2, 0) is 30.4 Å². The van der Waals surface area contributed by atoms with Gasteiger partial charge < -0.3 is 26.0 Å². The van der Waals surface area contributed by atoms with Crippen molar-refractivity contribution in [1.29, 1.82) is 0 Å². The fourth-order valence-electron chi connectivity index (χ4n) is 5.42. The molecule has 0 aliphatic carbocycles. The second kappa shape index (κ2) is 15.5. The highest BCUT2D eigenvalue weighted by Gasteiger charge is 2.39. The van der Waals surface area contributed by atoms with Gasteiger partial charge in [-0.25, -0.2) is 0 Å². The number of hydrogen-bond acceptors (Lipinski definition) is 6. The van der Waals surface area contributed by atoms with Gasteiger partial charge in [0.25, 0.3) is 0 Å². The predicted molar refractivity (Wildman–Crippen MR) is 150 cm³/mol. The molecule has 0 aromatic heterocycles. The lowest BCUT2D eigenvalue weighted by molar-refractivity contribution is -0.147. The maximum absolute atomic E-state index is 13.8. The van der Waals surface area contributed by atoms with Crippen LogP contribution < -0.4 is 16.0 Å². The highest BCUT2D eigenvalue weighted by atomic mass is 16.3. The number of nitrogens with zero attached hydrogens (tertiary/aromatic N) is 1. The molecule has 3 rings (SSSR count). The highest BCUT2D eigenvalue weighted by molar-refractivity contribution is 5.97. The number of carbonyl (C=O) groups excluding carboxylic acids is 5. The third kappa shape index (κ3) is 9.15. The van der Waals surface area contributed by atoms with Gasteiger partial charge in [0.1, 0.15) is 30.0 Å². The molecule has 1 aromatic rings. The van der Waals surface area contributed by atoms with Gasteiger partial charge in [-0.1, -0.05) is 50.6 Å². The first kappa shape index (κ1) is 31.3. The van der Waals surface area contributed by atoms with Gasteiger partial charge in [0.05, 0.1) is 0 Å². The number of piperidine rings is 1. The Bertz CT molecular complexity index is 1030. The van der Waals surface area contributed by atoms with Crippen LogP contribution in [0.5, 0.6) is 0 Å². The van der Waals surface area contributed by atoms with E-state index in [1.54, 1.807) is 4.90 Å². The van der Waals surface area contributed by atoms with Crippen molar-refractivity contribution >= 4 is 29.4 Å². The minimum atomic E-state index is -0.945. The Hall–Kier alpha value is -3.27. The van der Waals surface area contributed by atoms with Gasteiger partial charge >= 0.3 is 0 Å². The normalized spacial score (nSPS) is 24.4. The van der Waals surface area contributed by atoms with E-state index in [0.717, 1.165) is 18.4 Å². The van der Waals surface area contributed by atoms with Crippen LogP contribution in [0.1, 0.15) is 77.2 Å². The van der Waals surface area contributed by atoms with Crippen molar-refractivity contribution in [2.75, 3.05) is 13.2 Å². The lowest BCUT2D eigenvalue weighted by atomic mass is 9.95. The second-order valence-corrected chi connectivity index (χ2v) is 11.3. The van der Waals surface area contributed by atoms with Gasteiger partial charge in [0.15, 0.2) is 0 Å². The molecule has 1 aromatic carbocycles. The lowest BCUT2D eigenvalue weighted by Crippen LogP contribution is -2.63. The first-order valence-electron chi connectivity index (χ1n) is 14.6. The smallest absolute Gasteiger partial charge is 0.245 e. The van der Waals surface area contributed by atoms with Crippen molar-refractivity contribution in [1.82, 2.24) is 20.9 Å². The van der Waals surface area contributed by atoms with Crippen LogP contribution >= 0.6 is 0 Å². The number of unbranched alkanes of at least 4 members (excludes halogenated alkanes) is 1. The van der Waals surface area contributed by atoms with Crippen LogP contribution in [0.15, 0.2) is 30.3 Å². The maximum atomic E-state index is 13.8. The summed E-state index contributed by atoms with van der Waals surface area (Å²) >= 11 is 0. The molecule has 0 saturated carbocycles. The first-order valence-corrected chi connectivity index (χ1v) is 14.6. The second-order valence-electron chi connectivity index (χ2n) is 11.3. The van der Waals surface area contributed by atoms with Crippen molar-refractivity contribution in [2.45, 2.75) is 102 Å². The first-order chi connectivity index (χ1) is 19.2. The minimum absolute atomic E-state index is 0.0541. The van der Waals surface area contributed by atoms with E-state index in [1.165, 1.54) is 0 Å². The topological polar surface area (TPSA) is 145 Å². The number of amides is 4. The summed E-state index contributed by atoms with van der Waals surface area (Å²) in [6.45, 7) is 4.17. The molecule has 0 radical (unpaired) electrons. The lowest BCUT2D eigenvalue weighted by Gasteiger charge is -2.39. The Morgan fingerprint density at radius 3 is 2.27 bits per heavy atom. The third-order valence-electron chi connectivity index (χ3n) is 7.55. The van der Waals surface area contributed by atoms with Gasteiger partial charge in [0.2, 0.25) is 23.6 Å². The zero-order chi connectivity index (χ0) is 29.1. The van der Waals surface area contributed by atoms with E-state index in [-0.39, 0.29) is 55.8 Å². The van der Waals surface area contributed by atoms with Crippen molar-refractivity contribution in [3.8, 4) is 0 Å². The van der Waals surface area contributed by atoms with Gasteiger partial charge in [-0.05, 0) is 50.0 Å². The summed E-state index contributed by atoms with van der Waals surface area (Å²) in [4.78, 5) is 67.8. The zero-order valence-corrected chi connectivity index (χ0v) is 23.7. The van der Waals surface area contributed by atoms with Gasteiger partial charge in [-0.15, -0.1) is 0 Å². The summed E-state index contributed by atoms with van der Waals surface area (Å²) in [5, 5.41) is 17.6. The van der Waals surface area contributed by atoms with E-state index in [4.69, 9.17) is 5.11 Å². The number of benzene rings is 1. The summed E-state index contributed by atoms with van der Waals surface area (Å²) in [6, 6.07) is 5.93. The molecule has 4 unspecified atom stereocenters. The van der Waals surface area contributed by atoms with Crippen molar-refractivity contribution in [2.24, 2.45) is 5.92 Å². The van der Waals surface area contributed by atoms with Crippen LogP contribution in [-0.4, -0.2) is 76.7 Å². The maximum Gasteiger partial charge on any atom is 0.245 e. The Morgan fingerprint density at radius 1 is 0.900 bits per heavy atom. The number of fused-ring (bicyclic) bond motifs is 1. The third-order valence-corrected chi connectivity index (χ3v) is 7.55. The Kier molecular flexibility index (Phi) is 12.1. The molecule has 2 heterocycles. The van der Waals surface area contributed by atoms with Crippen LogP contribution in [0.25, 0.3) is 0 Å². The Morgan fingerprint density at radius 2 is 1.57 bits per heavy atom. The SMILES string of the molecule is CC(C)CC1NC(=O)C(Cc2ccccc2)NC(=O)C(CCCCC(=O)CCO)NC(=O)C2CCCCN2C1=O. The van der Waals surface area contributed by atoms with Crippen LogP contribution in [0.3, 0.4) is 0 Å². The summed E-state index contributed by atoms with van der Waals surface area (Å²) < 4.78 is 0.